The van der Waals surface area contributed by atoms with Crippen LogP contribution in [0.25, 0.3) is 10.9 Å². The summed E-state index contributed by atoms with van der Waals surface area (Å²) in [5, 5.41) is 9.85. The highest BCUT2D eigenvalue weighted by molar-refractivity contribution is 6.08. The molecule has 94 valence electrons. The van der Waals surface area contributed by atoms with Gasteiger partial charge in [0, 0.05) is 18.0 Å². The molecule has 0 saturated carbocycles. The van der Waals surface area contributed by atoms with Gasteiger partial charge < -0.3 is 14.4 Å². The van der Waals surface area contributed by atoms with Gasteiger partial charge in [-0.3, -0.25) is 4.79 Å². The van der Waals surface area contributed by atoms with E-state index in [0.717, 1.165) is 0 Å². The van der Waals surface area contributed by atoms with Crippen LogP contribution in [0.1, 0.15) is 27.8 Å². The Balaban J connectivity index is 2.90. The number of aromatic nitrogens is 1. The minimum absolute atomic E-state index is 0.0238. The lowest BCUT2D eigenvalue weighted by atomic mass is 10.1. The number of aryl methyl sites for hydroxylation is 1. The Bertz CT molecular complexity index is 627. The van der Waals surface area contributed by atoms with Crippen molar-refractivity contribution in [1.82, 2.24) is 4.57 Å². The van der Waals surface area contributed by atoms with Crippen LogP contribution in [0.3, 0.4) is 0 Å². The molecule has 0 saturated heterocycles. The molecule has 0 radical (unpaired) electrons. The molecule has 5 heteroatoms. The Morgan fingerprint density at radius 1 is 1.50 bits per heavy atom. The molecule has 0 aliphatic carbocycles. The second-order valence-electron chi connectivity index (χ2n) is 3.81. The highest BCUT2D eigenvalue weighted by Crippen LogP contribution is 2.28. The van der Waals surface area contributed by atoms with Crippen LogP contribution in [-0.2, 0) is 6.54 Å². The third kappa shape index (κ3) is 1.64. The van der Waals surface area contributed by atoms with Gasteiger partial charge in [-0.1, -0.05) is 0 Å². The third-order valence-electron chi connectivity index (χ3n) is 2.95. The van der Waals surface area contributed by atoms with Crippen LogP contribution in [0, 0.1) is 0 Å². The summed E-state index contributed by atoms with van der Waals surface area (Å²) in [7, 11) is 1.54. The van der Waals surface area contributed by atoms with E-state index in [-0.39, 0.29) is 11.3 Å². The molecule has 1 aromatic carbocycles. The number of aldehydes is 1. The number of benzene rings is 1. The zero-order valence-corrected chi connectivity index (χ0v) is 10.1. The molecular formula is C13H13NO4. The van der Waals surface area contributed by atoms with Gasteiger partial charge >= 0.3 is 5.97 Å². The minimum atomic E-state index is -1.10. The van der Waals surface area contributed by atoms with E-state index in [1.54, 1.807) is 29.9 Å². The van der Waals surface area contributed by atoms with Crippen LogP contribution >= 0.6 is 0 Å². The smallest absolute Gasteiger partial charge is 0.353 e. The van der Waals surface area contributed by atoms with Crippen LogP contribution < -0.4 is 4.74 Å². The Hall–Kier alpha value is -2.30. The molecule has 0 aliphatic heterocycles. The van der Waals surface area contributed by atoms with Crippen molar-refractivity contribution in [2.75, 3.05) is 7.11 Å². The molecule has 0 amide bonds. The van der Waals surface area contributed by atoms with E-state index in [1.807, 2.05) is 6.92 Å². The summed E-state index contributed by atoms with van der Waals surface area (Å²) in [6.07, 6.45) is 0.588. The molecule has 5 nitrogen and oxygen atoms in total. The van der Waals surface area contributed by atoms with Gasteiger partial charge in [-0.25, -0.2) is 4.79 Å². The molecule has 1 N–H and O–H groups in total. The van der Waals surface area contributed by atoms with E-state index < -0.39 is 5.97 Å². The molecule has 0 spiro atoms. The summed E-state index contributed by atoms with van der Waals surface area (Å²) >= 11 is 0. The fourth-order valence-electron chi connectivity index (χ4n) is 2.16. The second-order valence-corrected chi connectivity index (χ2v) is 3.81. The van der Waals surface area contributed by atoms with Gasteiger partial charge in [-0.15, -0.1) is 0 Å². The largest absolute Gasteiger partial charge is 0.497 e. The lowest BCUT2D eigenvalue weighted by Gasteiger charge is -2.05. The lowest BCUT2D eigenvalue weighted by Crippen LogP contribution is -2.09. The maximum absolute atomic E-state index is 11.3. The number of carboxylic acid groups (broad SMARTS) is 1. The summed E-state index contributed by atoms with van der Waals surface area (Å²) < 4.78 is 6.72. The summed E-state index contributed by atoms with van der Waals surface area (Å²) in [5.41, 5.74) is 0.925. The van der Waals surface area contributed by atoms with Gasteiger partial charge in [0.05, 0.1) is 18.2 Å². The van der Waals surface area contributed by atoms with Crippen molar-refractivity contribution in [3.05, 3.63) is 29.5 Å². The van der Waals surface area contributed by atoms with Crippen molar-refractivity contribution < 1.29 is 19.4 Å². The zero-order chi connectivity index (χ0) is 13.3. The molecule has 0 atom stereocenters. The molecule has 0 unspecified atom stereocenters. The monoisotopic (exact) mass is 247 g/mol. The van der Waals surface area contributed by atoms with Crippen LogP contribution in [0.2, 0.25) is 0 Å². The first kappa shape index (κ1) is 12.2. The summed E-state index contributed by atoms with van der Waals surface area (Å²) in [5.74, 6) is -0.474. The van der Waals surface area contributed by atoms with E-state index >= 15 is 0 Å². The standard InChI is InChI=1S/C13H13NO4/c1-3-14-11-6-8(18-2)4-5-9(11)10(7-15)12(14)13(16)17/h4-7H,3H2,1-2H3,(H,16,17). The Labute approximate surface area is 104 Å². The van der Waals surface area contributed by atoms with E-state index in [1.165, 1.54) is 0 Å². The SMILES string of the molecule is CCn1c(C(=O)O)c(C=O)c2ccc(OC)cc21. The number of rotatable bonds is 4. The molecule has 2 aromatic rings. The summed E-state index contributed by atoms with van der Waals surface area (Å²) in [4.78, 5) is 22.4. The number of aromatic carboxylic acids is 1. The van der Waals surface area contributed by atoms with Crippen LogP contribution in [0.15, 0.2) is 18.2 Å². The van der Waals surface area contributed by atoms with Gasteiger partial charge in [-0.2, -0.15) is 0 Å². The van der Waals surface area contributed by atoms with Crippen LogP contribution in [0.4, 0.5) is 0 Å². The molecule has 1 aromatic heterocycles. The summed E-state index contributed by atoms with van der Waals surface area (Å²) in [6.45, 7) is 2.30. The number of carbonyl (C=O) groups excluding carboxylic acids is 1. The van der Waals surface area contributed by atoms with Crippen molar-refractivity contribution >= 4 is 23.2 Å². The maximum Gasteiger partial charge on any atom is 0.353 e. The van der Waals surface area contributed by atoms with Gasteiger partial charge in [0.25, 0.3) is 0 Å². The number of nitrogens with zero attached hydrogens (tertiary/aromatic N) is 1. The van der Waals surface area contributed by atoms with E-state index in [2.05, 4.69) is 0 Å². The van der Waals surface area contributed by atoms with Crippen molar-refractivity contribution in [1.29, 1.82) is 0 Å². The fourth-order valence-corrected chi connectivity index (χ4v) is 2.16. The van der Waals surface area contributed by atoms with Crippen molar-refractivity contribution in [3.8, 4) is 5.75 Å². The van der Waals surface area contributed by atoms with Crippen LogP contribution in [-0.4, -0.2) is 29.0 Å². The first-order valence-electron chi connectivity index (χ1n) is 5.52. The predicted molar refractivity (Wildman–Crippen MR) is 66.5 cm³/mol. The number of methoxy groups -OCH3 is 1. The number of carbonyl (C=O) groups is 2. The third-order valence-corrected chi connectivity index (χ3v) is 2.95. The Morgan fingerprint density at radius 3 is 2.72 bits per heavy atom. The average molecular weight is 247 g/mol. The number of hydrogen-bond acceptors (Lipinski definition) is 3. The zero-order valence-electron chi connectivity index (χ0n) is 10.1. The van der Waals surface area contributed by atoms with Gasteiger partial charge in [-0.05, 0) is 19.1 Å². The second kappa shape index (κ2) is 4.52. The molecule has 0 bridgehead atoms. The maximum atomic E-state index is 11.3. The first-order chi connectivity index (χ1) is 8.63. The normalized spacial score (nSPS) is 10.6. The lowest BCUT2D eigenvalue weighted by molar-refractivity contribution is 0.0683. The molecule has 1 heterocycles. The number of ether oxygens (including phenoxy) is 1. The number of fused-ring (bicyclic) bond motifs is 1. The van der Waals surface area contributed by atoms with Gasteiger partial charge in [0.2, 0.25) is 0 Å². The highest BCUT2D eigenvalue weighted by Gasteiger charge is 2.21. The molecule has 0 fully saturated rings. The van der Waals surface area contributed by atoms with Crippen LogP contribution in [0.5, 0.6) is 5.75 Å². The van der Waals surface area contributed by atoms with E-state index in [4.69, 9.17) is 4.74 Å². The van der Waals surface area contributed by atoms with Gasteiger partial charge in [0.15, 0.2) is 6.29 Å². The quantitative estimate of drug-likeness (QED) is 0.841. The summed E-state index contributed by atoms with van der Waals surface area (Å²) in [6, 6.07) is 5.15. The minimum Gasteiger partial charge on any atom is -0.497 e. The Morgan fingerprint density at radius 2 is 2.22 bits per heavy atom. The molecule has 2 rings (SSSR count). The van der Waals surface area contributed by atoms with Crippen molar-refractivity contribution in [3.63, 3.8) is 0 Å². The predicted octanol–water partition coefficient (Wildman–Crippen LogP) is 2.18. The molecular weight excluding hydrogens is 234 g/mol. The topological polar surface area (TPSA) is 68.5 Å². The van der Waals surface area contributed by atoms with Gasteiger partial charge in [0.1, 0.15) is 11.4 Å². The molecule has 18 heavy (non-hydrogen) atoms. The molecule has 0 aliphatic rings. The first-order valence-corrected chi connectivity index (χ1v) is 5.52. The highest BCUT2D eigenvalue weighted by atomic mass is 16.5. The average Bonchev–Trinajstić information content (AvgIpc) is 2.71. The fraction of sp³-hybridized carbons (Fsp3) is 0.231. The number of carboxylic acids is 1. The van der Waals surface area contributed by atoms with E-state index in [9.17, 15) is 14.7 Å². The van der Waals surface area contributed by atoms with Crippen molar-refractivity contribution in [2.45, 2.75) is 13.5 Å². The van der Waals surface area contributed by atoms with E-state index in [0.29, 0.717) is 29.5 Å². The number of hydrogen-bond donors (Lipinski definition) is 1. The Kier molecular flexibility index (Phi) is 3.06. The van der Waals surface area contributed by atoms with Crippen molar-refractivity contribution in [2.24, 2.45) is 0 Å².